The van der Waals surface area contributed by atoms with Crippen molar-refractivity contribution < 1.29 is 13.7 Å². The fraction of sp³-hybridized carbons (Fsp3) is 0.435. The normalized spacial score (nSPS) is 16.1. The Morgan fingerprint density at radius 2 is 1.61 bits per heavy atom. The van der Waals surface area contributed by atoms with Crippen molar-refractivity contribution in [3.05, 3.63) is 65.7 Å². The Balaban J connectivity index is 2.56. The Morgan fingerprint density at radius 3 is 2.11 bits per heavy atom. The van der Waals surface area contributed by atoms with Gasteiger partial charge in [-0.25, -0.2) is 0 Å². The molecule has 0 aliphatic carbocycles. The molecule has 152 valence electrons. The van der Waals surface area contributed by atoms with Gasteiger partial charge in [-0.2, -0.15) is 0 Å². The molecule has 3 nitrogen and oxygen atoms in total. The molecule has 0 unspecified atom stereocenters. The zero-order valence-corrected chi connectivity index (χ0v) is 19.6. The van der Waals surface area contributed by atoms with Gasteiger partial charge in [0.15, 0.2) is 0 Å². The number of methoxy groups -OCH3 is 1. The average Bonchev–Trinajstić information content (AvgIpc) is 2.66. The third kappa shape index (κ3) is 5.88. The number of ether oxygens (including phenoxy) is 1. The molecular formula is C23H32O3SSi. The molecule has 0 spiro atoms. The van der Waals surface area contributed by atoms with Crippen LogP contribution in [0.5, 0.6) is 0 Å². The summed E-state index contributed by atoms with van der Waals surface area (Å²) in [7, 11) is -1.36. The van der Waals surface area contributed by atoms with E-state index in [0.717, 1.165) is 22.1 Å². The van der Waals surface area contributed by atoms with Crippen LogP contribution >= 0.6 is 0 Å². The number of hydrogen-bond donors (Lipinski definition) is 0. The van der Waals surface area contributed by atoms with Crippen LogP contribution in [-0.2, 0) is 20.3 Å². The predicted molar refractivity (Wildman–Crippen MR) is 120 cm³/mol. The topological polar surface area (TPSA) is 43.4 Å². The van der Waals surface area contributed by atoms with Crippen molar-refractivity contribution in [3.63, 3.8) is 0 Å². The number of carbonyl (C=O) groups excluding carboxylic acids is 1. The summed E-state index contributed by atoms with van der Waals surface area (Å²) in [6.07, 6.45) is 0. The minimum Gasteiger partial charge on any atom is -0.469 e. The van der Waals surface area contributed by atoms with Crippen LogP contribution in [0.2, 0.25) is 25.7 Å². The Labute approximate surface area is 173 Å². The summed E-state index contributed by atoms with van der Waals surface area (Å²) in [5.41, 5.74) is 2.19. The smallest absolute Gasteiger partial charge is 0.309 e. The molecule has 0 saturated carbocycles. The highest BCUT2D eigenvalue weighted by atomic mass is 32.2. The maximum atomic E-state index is 13.7. The summed E-state index contributed by atoms with van der Waals surface area (Å²) in [5, 5.41) is -0.147. The van der Waals surface area contributed by atoms with Gasteiger partial charge in [0.05, 0.1) is 23.8 Å². The van der Waals surface area contributed by atoms with Crippen LogP contribution in [0.25, 0.3) is 0 Å². The molecule has 4 atom stereocenters. The second-order valence-electron chi connectivity index (χ2n) is 8.66. The fourth-order valence-corrected chi connectivity index (χ4v) is 8.60. The fourth-order valence-electron chi connectivity index (χ4n) is 3.62. The maximum absolute atomic E-state index is 13.7. The standard InChI is InChI=1S/C23H32O3SSi/c1-17-12-14-20(15-13-17)27(25)21(16-28(4,5)6)22(18(2)23(24)26-3)19-10-8-7-9-11-19/h7-15,18,21-22H,16H2,1-6H3/t18-,21-,22+,27-/m0/s1. The molecule has 0 saturated heterocycles. The lowest BCUT2D eigenvalue weighted by Crippen LogP contribution is -2.38. The maximum Gasteiger partial charge on any atom is 0.309 e. The van der Waals surface area contributed by atoms with E-state index in [1.54, 1.807) is 0 Å². The quantitative estimate of drug-likeness (QED) is 0.427. The van der Waals surface area contributed by atoms with E-state index in [4.69, 9.17) is 4.74 Å². The first-order valence-electron chi connectivity index (χ1n) is 9.74. The van der Waals surface area contributed by atoms with E-state index in [2.05, 4.69) is 19.6 Å². The van der Waals surface area contributed by atoms with Crippen LogP contribution in [0.1, 0.15) is 24.0 Å². The molecule has 0 N–H and O–H groups in total. The third-order valence-corrected chi connectivity index (χ3v) is 8.75. The van der Waals surface area contributed by atoms with Gasteiger partial charge >= 0.3 is 5.97 Å². The van der Waals surface area contributed by atoms with E-state index in [1.165, 1.54) is 7.11 Å². The molecule has 0 fully saturated rings. The van der Waals surface area contributed by atoms with E-state index < -0.39 is 18.9 Å². The summed E-state index contributed by atoms with van der Waals surface area (Å²) >= 11 is 0. The molecule has 0 bridgehead atoms. The molecule has 0 amide bonds. The number of aryl methyl sites for hydroxylation is 1. The van der Waals surface area contributed by atoms with Crippen LogP contribution in [0.15, 0.2) is 59.5 Å². The highest BCUT2D eigenvalue weighted by Gasteiger charge is 2.39. The van der Waals surface area contributed by atoms with Crippen molar-refractivity contribution in [3.8, 4) is 0 Å². The van der Waals surface area contributed by atoms with Crippen molar-refractivity contribution in [2.45, 2.75) is 55.6 Å². The van der Waals surface area contributed by atoms with Gasteiger partial charge in [-0.3, -0.25) is 9.00 Å². The molecule has 2 aromatic rings. The Morgan fingerprint density at radius 1 is 1.04 bits per heavy atom. The minimum atomic E-state index is -1.56. The van der Waals surface area contributed by atoms with Gasteiger partial charge in [0.25, 0.3) is 0 Å². The van der Waals surface area contributed by atoms with Gasteiger partial charge in [-0.05, 0) is 30.7 Å². The van der Waals surface area contributed by atoms with Crippen LogP contribution < -0.4 is 0 Å². The van der Waals surface area contributed by atoms with E-state index in [1.807, 2.05) is 68.4 Å². The first-order chi connectivity index (χ1) is 13.1. The average molecular weight is 417 g/mol. The molecular weight excluding hydrogens is 384 g/mol. The summed E-state index contributed by atoms with van der Waals surface area (Å²) in [6, 6.07) is 18.8. The molecule has 0 aliphatic heterocycles. The number of hydrogen-bond acceptors (Lipinski definition) is 3. The Bertz CT molecular complexity index is 797. The molecule has 2 rings (SSSR count). The summed E-state index contributed by atoms with van der Waals surface area (Å²) in [4.78, 5) is 13.3. The molecule has 0 radical (unpaired) electrons. The molecule has 0 aromatic heterocycles. The lowest BCUT2D eigenvalue weighted by molar-refractivity contribution is -0.145. The molecule has 0 heterocycles. The summed E-state index contributed by atoms with van der Waals surface area (Å²) in [6.45, 7) is 10.8. The van der Waals surface area contributed by atoms with Crippen LogP contribution in [0.4, 0.5) is 0 Å². The van der Waals surface area contributed by atoms with Crippen molar-refractivity contribution in [1.29, 1.82) is 0 Å². The first-order valence-corrected chi connectivity index (χ1v) is 14.7. The predicted octanol–water partition coefficient (Wildman–Crippen LogP) is 5.40. The zero-order chi connectivity index (χ0) is 20.9. The lowest BCUT2D eigenvalue weighted by atomic mass is 9.84. The van der Waals surface area contributed by atoms with Crippen molar-refractivity contribution in [2.75, 3.05) is 7.11 Å². The second kappa shape index (κ2) is 9.66. The van der Waals surface area contributed by atoms with Gasteiger partial charge in [0.1, 0.15) is 0 Å². The third-order valence-electron chi connectivity index (χ3n) is 5.04. The van der Waals surface area contributed by atoms with Crippen LogP contribution in [-0.4, -0.2) is 30.6 Å². The summed E-state index contributed by atoms with van der Waals surface area (Å²) < 4.78 is 18.8. The SMILES string of the molecule is COC(=O)[C@@H](C)[C@H](c1ccccc1)[C@H](C[Si](C)(C)C)[S@@](=O)c1ccc(C)cc1. The van der Waals surface area contributed by atoms with E-state index in [9.17, 15) is 9.00 Å². The van der Waals surface area contributed by atoms with Gasteiger partial charge in [0, 0.05) is 24.1 Å². The number of rotatable bonds is 8. The minimum absolute atomic E-state index is 0.147. The highest BCUT2D eigenvalue weighted by Crippen LogP contribution is 2.38. The van der Waals surface area contributed by atoms with Gasteiger partial charge < -0.3 is 4.74 Å². The van der Waals surface area contributed by atoms with Crippen LogP contribution in [0, 0.1) is 12.8 Å². The lowest BCUT2D eigenvalue weighted by Gasteiger charge is -2.34. The summed E-state index contributed by atoms with van der Waals surface area (Å²) in [5.74, 6) is -0.791. The molecule has 0 aliphatic rings. The number of benzene rings is 2. The second-order valence-corrected chi connectivity index (χ2v) is 15.9. The van der Waals surface area contributed by atoms with Crippen molar-refractivity contribution in [1.82, 2.24) is 0 Å². The van der Waals surface area contributed by atoms with Crippen molar-refractivity contribution >= 4 is 24.8 Å². The zero-order valence-electron chi connectivity index (χ0n) is 17.8. The van der Waals surface area contributed by atoms with E-state index >= 15 is 0 Å². The van der Waals surface area contributed by atoms with Gasteiger partial charge in [-0.1, -0.05) is 74.6 Å². The van der Waals surface area contributed by atoms with Crippen LogP contribution in [0.3, 0.4) is 0 Å². The molecule has 28 heavy (non-hydrogen) atoms. The van der Waals surface area contributed by atoms with E-state index in [0.29, 0.717) is 0 Å². The Kier molecular flexibility index (Phi) is 7.78. The van der Waals surface area contributed by atoms with Gasteiger partial charge in [0.2, 0.25) is 0 Å². The highest BCUT2D eigenvalue weighted by molar-refractivity contribution is 7.85. The van der Waals surface area contributed by atoms with Gasteiger partial charge in [-0.15, -0.1) is 0 Å². The largest absolute Gasteiger partial charge is 0.469 e. The first kappa shape index (κ1) is 22.6. The molecule has 2 aromatic carbocycles. The monoisotopic (exact) mass is 416 g/mol. The number of carbonyl (C=O) groups is 1. The Hall–Kier alpha value is -1.72. The number of esters is 1. The van der Waals surface area contributed by atoms with Crippen molar-refractivity contribution in [2.24, 2.45) is 5.92 Å². The van der Waals surface area contributed by atoms with E-state index in [-0.39, 0.29) is 23.1 Å². The molecule has 5 heteroatoms.